The van der Waals surface area contributed by atoms with E-state index in [-0.39, 0.29) is 12.1 Å². The lowest BCUT2D eigenvalue weighted by atomic mass is 9.90. The molecule has 0 aliphatic heterocycles. The number of nitro benzene ring substituents is 1. The molecule has 0 aliphatic rings. The second-order valence-electron chi connectivity index (χ2n) is 4.21. The largest absolute Gasteiger partial charge is 0.325 e. The Hall–Kier alpha value is -1.49. The molecule has 5 heteroatoms. The first kappa shape index (κ1) is 12.6. The van der Waals surface area contributed by atoms with Crippen LogP contribution in [0.2, 0.25) is 0 Å². The Morgan fingerprint density at radius 2 is 2.19 bits per heavy atom. The molecule has 2 N–H and O–H groups in total. The molecular weight excluding hydrogens is 211 g/mol. The Morgan fingerprint density at radius 3 is 2.69 bits per heavy atom. The van der Waals surface area contributed by atoms with Gasteiger partial charge in [-0.25, -0.2) is 4.39 Å². The van der Waals surface area contributed by atoms with Gasteiger partial charge in [0, 0.05) is 17.2 Å². The Morgan fingerprint density at radius 1 is 1.56 bits per heavy atom. The van der Waals surface area contributed by atoms with Crippen LogP contribution in [0.3, 0.4) is 0 Å². The van der Waals surface area contributed by atoms with Gasteiger partial charge in [0.1, 0.15) is 5.82 Å². The molecule has 0 bridgehead atoms. The average molecular weight is 226 g/mol. The van der Waals surface area contributed by atoms with Crippen LogP contribution in [0.1, 0.15) is 25.8 Å². The molecule has 88 valence electrons. The molecule has 0 heterocycles. The van der Waals surface area contributed by atoms with Gasteiger partial charge >= 0.3 is 0 Å². The van der Waals surface area contributed by atoms with Gasteiger partial charge in [0.25, 0.3) is 5.69 Å². The van der Waals surface area contributed by atoms with Gasteiger partial charge in [0.15, 0.2) is 0 Å². The number of halogens is 1. The Kier molecular flexibility index (Phi) is 3.59. The molecular formula is C11H15FN2O2. The van der Waals surface area contributed by atoms with Crippen LogP contribution in [0.25, 0.3) is 0 Å². The quantitative estimate of drug-likeness (QED) is 0.633. The molecule has 0 saturated heterocycles. The summed E-state index contributed by atoms with van der Waals surface area (Å²) in [5.74, 6) is -0.479. The van der Waals surface area contributed by atoms with Crippen molar-refractivity contribution in [2.24, 2.45) is 5.73 Å². The van der Waals surface area contributed by atoms with Gasteiger partial charge in [-0.05, 0) is 31.9 Å². The highest BCUT2D eigenvalue weighted by Crippen LogP contribution is 2.24. The van der Waals surface area contributed by atoms with Gasteiger partial charge in [0.2, 0.25) is 0 Å². The first-order chi connectivity index (χ1) is 7.35. The molecule has 0 spiro atoms. The van der Waals surface area contributed by atoms with Crippen molar-refractivity contribution in [2.45, 2.75) is 32.2 Å². The molecule has 1 aromatic carbocycles. The Bertz CT molecular complexity index is 405. The van der Waals surface area contributed by atoms with Crippen molar-refractivity contribution in [1.82, 2.24) is 0 Å². The van der Waals surface area contributed by atoms with Crippen LogP contribution in [0.5, 0.6) is 0 Å². The minimum Gasteiger partial charge on any atom is -0.325 e. The summed E-state index contributed by atoms with van der Waals surface area (Å²) in [7, 11) is 0. The van der Waals surface area contributed by atoms with Gasteiger partial charge in [-0.1, -0.05) is 6.92 Å². The van der Waals surface area contributed by atoms with E-state index in [1.54, 1.807) is 6.92 Å². The maximum absolute atomic E-state index is 13.0. The minimum atomic E-state index is -0.557. The number of hydrogen-bond acceptors (Lipinski definition) is 3. The van der Waals surface area contributed by atoms with Crippen LogP contribution in [0.15, 0.2) is 18.2 Å². The molecule has 1 rings (SSSR count). The molecule has 1 unspecified atom stereocenters. The van der Waals surface area contributed by atoms with Gasteiger partial charge in [0.05, 0.1) is 4.92 Å². The average Bonchev–Trinajstić information content (AvgIpc) is 2.16. The lowest BCUT2D eigenvalue weighted by Crippen LogP contribution is -2.37. The van der Waals surface area contributed by atoms with E-state index in [0.29, 0.717) is 12.0 Å². The number of rotatable bonds is 4. The predicted octanol–water partition coefficient (Wildman–Crippen LogP) is 2.40. The highest BCUT2D eigenvalue weighted by Gasteiger charge is 2.22. The van der Waals surface area contributed by atoms with E-state index in [4.69, 9.17) is 5.73 Å². The molecule has 0 aliphatic carbocycles. The summed E-state index contributed by atoms with van der Waals surface area (Å²) in [6.45, 7) is 3.69. The van der Waals surface area contributed by atoms with Crippen LogP contribution >= 0.6 is 0 Å². The highest BCUT2D eigenvalue weighted by atomic mass is 19.1. The lowest BCUT2D eigenvalue weighted by Gasteiger charge is -2.22. The minimum absolute atomic E-state index is 0.0773. The molecule has 0 fully saturated rings. The normalized spacial score (nSPS) is 14.5. The second-order valence-corrected chi connectivity index (χ2v) is 4.21. The standard InChI is InChI=1S/C11H15FN2O2/c1-3-11(2,13)7-8-6-9(12)4-5-10(8)14(15)16/h4-6H,3,7,13H2,1-2H3. The zero-order chi connectivity index (χ0) is 12.3. The van der Waals surface area contributed by atoms with Crippen LogP contribution in [0, 0.1) is 15.9 Å². The molecule has 4 nitrogen and oxygen atoms in total. The van der Waals surface area contributed by atoms with E-state index < -0.39 is 16.3 Å². The summed E-state index contributed by atoms with van der Waals surface area (Å²) >= 11 is 0. The smallest absolute Gasteiger partial charge is 0.272 e. The topological polar surface area (TPSA) is 69.2 Å². The van der Waals surface area contributed by atoms with Crippen molar-refractivity contribution in [1.29, 1.82) is 0 Å². The summed E-state index contributed by atoms with van der Waals surface area (Å²) in [6.07, 6.45) is 0.957. The molecule has 0 aromatic heterocycles. The number of benzene rings is 1. The molecule has 0 amide bonds. The van der Waals surface area contributed by atoms with Gasteiger partial charge < -0.3 is 5.73 Å². The van der Waals surface area contributed by atoms with E-state index in [1.165, 1.54) is 12.1 Å². The molecule has 16 heavy (non-hydrogen) atoms. The highest BCUT2D eigenvalue weighted by molar-refractivity contribution is 5.41. The van der Waals surface area contributed by atoms with Crippen LogP contribution in [0.4, 0.5) is 10.1 Å². The summed E-state index contributed by atoms with van der Waals surface area (Å²) in [4.78, 5) is 10.2. The molecule has 0 saturated carbocycles. The van der Waals surface area contributed by atoms with Gasteiger partial charge in [-0.2, -0.15) is 0 Å². The van der Waals surface area contributed by atoms with E-state index in [2.05, 4.69) is 0 Å². The van der Waals surface area contributed by atoms with Crippen molar-refractivity contribution in [3.8, 4) is 0 Å². The van der Waals surface area contributed by atoms with Crippen LogP contribution in [-0.4, -0.2) is 10.5 Å². The van der Waals surface area contributed by atoms with E-state index in [9.17, 15) is 14.5 Å². The Balaban J connectivity index is 3.10. The maximum Gasteiger partial charge on any atom is 0.272 e. The fraction of sp³-hybridized carbons (Fsp3) is 0.455. The zero-order valence-electron chi connectivity index (χ0n) is 9.37. The fourth-order valence-electron chi connectivity index (χ4n) is 1.43. The first-order valence-electron chi connectivity index (χ1n) is 5.07. The van der Waals surface area contributed by atoms with Crippen LogP contribution in [-0.2, 0) is 6.42 Å². The summed E-state index contributed by atoms with van der Waals surface area (Å²) in [5.41, 5.74) is 5.63. The molecule has 0 radical (unpaired) electrons. The third-order valence-corrected chi connectivity index (χ3v) is 2.64. The summed E-state index contributed by atoms with van der Waals surface area (Å²) in [6, 6.07) is 3.44. The number of hydrogen-bond donors (Lipinski definition) is 1. The molecule has 1 atom stereocenters. The zero-order valence-corrected chi connectivity index (χ0v) is 9.37. The maximum atomic E-state index is 13.0. The number of nitrogens with zero attached hydrogens (tertiary/aromatic N) is 1. The number of nitro groups is 1. The van der Waals surface area contributed by atoms with Gasteiger partial charge in [-0.15, -0.1) is 0 Å². The van der Waals surface area contributed by atoms with E-state index in [0.717, 1.165) is 6.07 Å². The molecule has 1 aromatic rings. The summed E-state index contributed by atoms with van der Waals surface area (Å²) < 4.78 is 13.0. The first-order valence-corrected chi connectivity index (χ1v) is 5.07. The second kappa shape index (κ2) is 4.57. The summed E-state index contributed by atoms with van der Waals surface area (Å²) in [5, 5.41) is 10.7. The van der Waals surface area contributed by atoms with Crippen molar-refractivity contribution >= 4 is 5.69 Å². The monoisotopic (exact) mass is 226 g/mol. The van der Waals surface area contributed by atoms with Crippen molar-refractivity contribution in [2.75, 3.05) is 0 Å². The third kappa shape index (κ3) is 3.00. The van der Waals surface area contributed by atoms with E-state index >= 15 is 0 Å². The fourth-order valence-corrected chi connectivity index (χ4v) is 1.43. The number of nitrogens with two attached hydrogens (primary N) is 1. The van der Waals surface area contributed by atoms with E-state index in [1.807, 2.05) is 6.92 Å². The van der Waals surface area contributed by atoms with Gasteiger partial charge in [-0.3, -0.25) is 10.1 Å². The third-order valence-electron chi connectivity index (χ3n) is 2.64. The van der Waals surface area contributed by atoms with Crippen molar-refractivity contribution < 1.29 is 9.31 Å². The Labute approximate surface area is 93.4 Å². The lowest BCUT2D eigenvalue weighted by molar-refractivity contribution is -0.385. The van der Waals surface area contributed by atoms with Crippen LogP contribution < -0.4 is 5.73 Å². The van der Waals surface area contributed by atoms with Crippen molar-refractivity contribution in [3.63, 3.8) is 0 Å². The van der Waals surface area contributed by atoms with Crippen molar-refractivity contribution in [3.05, 3.63) is 39.7 Å². The predicted molar refractivity (Wildman–Crippen MR) is 59.6 cm³/mol. The SMILES string of the molecule is CCC(C)(N)Cc1cc(F)ccc1[N+](=O)[O-].